The zero-order valence-electron chi connectivity index (χ0n) is 15.5. The fourth-order valence-electron chi connectivity index (χ4n) is 2.99. The number of hydrogen-bond donors (Lipinski definition) is 1. The second-order valence-electron chi connectivity index (χ2n) is 6.39. The van der Waals surface area contributed by atoms with Crippen LogP contribution in [0.2, 0.25) is 0 Å². The van der Waals surface area contributed by atoms with Crippen LogP contribution in [-0.4, -0.2) is 45.2 Å². The second kappa shape index (κ2) is 8.68. The SMILES string of the molecule is C/C=C\C=C(\F)CN[C@H]1CCN(c2nc(-c3ccncn3)cc(=O)n2C)C1. The number of halogens is 1. The van der Waals surface area contributed by atoms with Crippen molar-refractivity contribution in [2.75, 3.05) is 24.5 Å². The van der Waals surface area contributed by atoms with Crippen molar-refractivity contribution in [3.05, 3.63) is 59.1 Å². The molecule has 8 heteroatoms. The lowest BCUT2D eigenvalue weighted by Crippen LogP contribution is -2.35. The molecule has 0 bridgehead atoms. The highest BCUT2D eigenvalue weighted by atomic mass is 19.1. The third kappa shape index (κ3) is 4.65. The summed E-state index contributed by atoms with van der Waals surface area (Å²) in [6, 6.07) is 3.33. The summed E-state index contributed by atoms with van der Waals surface area (Å²) in [5.74, 6) is 0.383. The van der Waals surface area contributed by atoms with Gasteiger partial charge in [0.25, 0.3) is 5.56 Å². The van der Waals surface area contributed by atoms with Crippen LogP contribution in [0, 0.1) is 0 Å². The average molecular weight is 370 g/mol. The zero-order chi connectivity index (χ0) is 19.2. The van der Waals surface area contributed by atoms with Crippen molar-refractivity contribution in [3.8, 4) is 11.4 Å². The molecule has 0 aliphatic carbocycles. The fourth-order valence-corrected chi connectivity index (χ4v) is 2.99. The molecule has 3 heterocycles. The maximum absolute atomic E-state index is 13.7. The van der Waals surface area contributed by atoms with E-state index in [9.17, 15) is 9.18 Å². The maximum atomic E-state index is 13.7. The Morgan fingerprint density at radius 3 is 3.04 bits per heavy atom. The summed E-state index contributed by atoms with van der Waals surface area (Å²) in [7, 11) is 1.70. The lowest BCUT2D eigenvalue weighted by molar-refractivity contribution is 0.516. The van der Waals surface area contributed by atoms with E-state index >= 15 is 0 Å². The molecule has 1 aliphatic heterocycles. The standard InChI is InChI=1S/C19H23FN6O/c1-3-4-5-14(20)11-22-15-7-9-26(12-15)19-24-17(10-18(27)25(19)2)16-6-8-21-13-23-16/h3-6,8,10,13,15,22H,7,9,11-12H2,1-2H3/b4-3-,14-5+/t15-/m0/s1. The molecule has 7 nitrogen and oxygen atoms in total. The van der Waals surface area contributed by atoms with E-state index in [1.54, 1.807) is 31.5 Å². The first-order valence-electron chi connectivity index (χ1n) is 8.88. The first kappa shape index (κ1) is 18.9. The Labute approximate surface area is 157 Å². The molecule has 2 aromatic heterocycles. The number of rotatable bonds is 6. The Bertz CT molecular complexity index is 893. The molecule has 2 aromatic rings. The number of aromatic nitrogens is 4. The highest BCUT2D eigenvalue weighted by Crippen LogP contribution is 2.20. The average Bonchev–Trinajstić information content (AvgIpc) is 3.16. The molecule has 1 saturated heterocycles. The Morgan fingerprint density at radius 1 is 1.44 bits per heavy atom. The van der Waals surface area contributed by atoms with E-state index in [0.29, 0.717) is 23.9 Å². The van der Waals surface area contributed by atoms with Crippen molar-refractivity contribution >= 4 is 5.95 Å². The van der Waals surface area contributed by atoms with Crippen molar-refractivity contribution in [1.82, 2.24) is 24.8 Å². The predicted molar refractivity (Wildman–Crippen MR) is 103 cm³/mol. The highest BCUT2D eigenvalue weighted by Gasteiger charge is 2.25. The van der Waals surface area contributed by atoms with Crippen LogP contribution in [-0.2, 0) is 7.05 Å². The van der Waals surface area contributed by atoms with Crippen LogP contribution in [0.1, 0.15) is 13.3 Å². The molecule has 1 atom stereocenters. The minimum atomic E-state index is -0.206. The van der Waals surface area contributed by atoms with Gasteiger partial charge in [0.1, 0.15) is 12.2 Å². The predicted octanol–water partition coefficient (Wildman–Crippen LogP) is 1.84. The molecular weight excluding hydrogens is 347 g/mol. The van der Waals surface area contributed by atoms with Crippen molar-refractivity contribution in [2.45, 2.75) is 19.4 Å². The summed E-state index contributed by atoms with van der Waals surface area (Å²) in [4.78, 5) is 27.1. The number of hydrogen-bond acceptors (Lipinski definition) is 6. The quantitative estimate of drug-likeness (QED) is 0.782. The summed E-state index contributed by atoms with van der Waals surface area (Å²) in [5.41, 5.74) is 0.978. The van der Waals surface area contributed by atoms with Gasteiger partial charge in [0, 0.05) is 45.0 Å². The van der Waals surface area contributed by atoms with Gasteiger partial charge in [-0.15, -0.1) is 0 Å². The lowest BCUT2D eigenvalue weighted by Gasteiger charge is -2.21. The van der Waals surface area contributed by atoms with Crippen LogP contribution >= 0.6 is 0 Å². The molecule has 3 rings (SSSR count). The van der Waals surface area contributed by atoms with Gasteiger partial charge in [0.05, 0.1) is 11.4 Å². The minimum absolute atomic E-state index is 0.134. The molecule has 0 radical (unpaired) electrons. The molecule has 0 aromatic carbocycles. The van der Waals surface area contributed by atoms with Crippen LogP contribution in [0.15, 0.2) is 53.5 Å². The summed E-state index contributed by atoms with van der Waals surface area (Å²) in [5, 5.41) is 3.22. The Hall–Kier alpha value is -2.87. The molecular formula is C19H23FN6O. The van der Waals surface area contributed by atoms with Crippen molar-refractivity contribution in [1.29, 1.82) is 0 Å². The Balaban J connectivity index is 1.73. The van der Waals surface area contributed by atoms with E-state index in [0.717, 1.165) is 13.0 Å². The van der Waals surface area contributed by atoms with E-state index in [2.05, 4.69) is 20.3 Å². The largest absolute Gasteiger partial charge is 0.341 e. The third-order valence-corrected chi connectivity index (χ3v) is 4.46. The molecule has 1 aliphatic rings. The van der Waals surface area contributed by atoms with Gasteiger partial charge in [-0.25, -0.2) is 19.3 Å². The molecule has 0 amide bonds. The van der Waals surface area contributed by atoms with Gasteiger partial charge in [0.15, 0.2) is 0 Å². The summed E-state index contributed by atoms with van der Waals surface area (Å²) >= 11 is 0. The summed E-state index contributed by atoms with van der Waals surface area (Å²) in [6.07, 6.45) is 8.82. The van der Waals surface area contributed by atoms with Crippen molar-refractivity contribution in [3.63, 3.8) is 0 Å². The van der Waals surface area contributed by atoms with Gasteiger partial charge in [-0.1, -0.05) is 12.2 Å². The van der Waals surface area contributed by atoms with E-state index in [1.165, 1.54) is 23.0 Å². The third-order valence-electron chi connectivity index (χ3n) is 4.46. The van der Waals surface area contributed by atoms with Crippen LogP contribution < -0.4 is 15.8 Å². The van der Waals surface area contributed by atoms with Crippen LogP contribution in [0.4, 0.5) is 10.3 Å². The van der Waals surface area contributed by atoms with Crippen molar-refractivity contribution < 1.29 is 4.39 Å². The molecule has 0 unspecified atom stereocenters. The first-order valence-corrected chi connectivity index (χ1v) is 8.88. The molecule has 0 saturated carbocycles. The van der Waals surface area contributed by atoms with Crippen LogP contribution in [0.25, 0.3) is 11.4 Å². The summed E-state index contributed by atoms with van der Waals surface area (Å²) in [6.45, 7) is 3.44. The van der Waals surface area contributed by atoms with E-state index in [1.807, 2.05) is 11.8 Å². The number of nitrogens with zero attached hydrogens (tertiary/aromatic N) is 5. The monoisotopic (exact) mass is 370 g/mol. The molecule has 1 fully saturated rings. The van der Waals surface area contributed by atoms with Crippen LogP contribution in [0.3, 0.4) is 0 Å². The van der Waals surface area contributed by atoms with E-state index in [-0.39, 0.29) is 24.0 Å². The van der Waals surface area contributed by atoms with Crippen molar-refractivity contribution in [2.24, 2.45) is 7.05 Å². The van der Waals surface area contributed by atoms with Gasteiger partial charge >= 0.3 is 0 Å². The van der Waals surface area contributed by atoms with Gasteiger partial charge < -0.3 is 10.2 Å². The number of nitrogens with one attached hydrogen (secondary N) is 1. The normalized spacial score (nSPS) is 17.8. The minimum Gasteiger partial charge on any atom is -0.341 e. The molecule has 0 spiro atoms. The lowest BCUT2D eigenvalue weighted by atomic mass is 10.2. The van der Waals surface area contributed by atoms with E-state index < -0.39 is 0 Å². The first-order chi connectivity index (χ1) is 13.1. The van der Waals surface area contributed by atoms with Gasteiger partial charge in [0.2, 0.25) is 5.95 Å². The topological polar surface area (TPSA) is 75.9 Å². The zero-order valence-corrected chi connectivity index (χ0v) is 15.5. The smallest absolute Gasteiger partial charge is 0.255 e. The fraction of sp³-hybridized carbons (Fsp3) is 0.368. The second-order valence-corrected chi connectivity index (χ2v) is 6.39. The number of allylic oxidation sites excluding steroid dienone is 3. The molecule has 1 N–H and O–H groups in total. The molecule has 142 valence electrons. The van der Waals surface area contributed by atoms with Gasteiger partial charge in [-0.05, 0) is 25.5 Å². The van der Waals surface area contributed by atoms with E-state index in [4.69, 9.17) is 0 Å². The Kier molecular flexibility index (Phi) is 6.08. The Morgan fingerprint density at radius 2 is 2.30 bits per heavy atom. The molecule has 27 heavy (non-hydrogen) atoms. The van der Waals surface area contributed by atoms with Crippen LogP contribution in [0.5, 0.6) is 0 Å². The summed E-state index contributed by atoms with van der Waals surface area (Å²) < 4.78 is 15.2. The highest BCUT2D eigenvalue weighted by molar-refractivity contribution is 5.55. The van der Waals surface area contributed by atoms with Gasteiger partial charge in [-0.2, -0.15) is 0 Å². The maximum Gasteiger partial charge on any atom is 0.255 e. The number of anilines is 1. The van der Waals surface area contributed by atoms with Gasteiger partial charge in [-0.3, -0.25) is 9.36 Å².